The van der Waals surface area contributed by atoms with Gasteiger partial charge >= 0.3 is 0 Å². The summed E-state index contributed by atoms with van der Waals surface area (Å²) in [5.74, 6) is 2.82. The zero-order valence-corrected chi connectivity index (χ0v) is 20.3. The Morgan fingerprint density at radius 1 is 0.441 bits per heavy atom. The van der Waals surface area contributed by atoms with Crippen LogP contribution in [0.1, 0.15) is 77.0 Å². The van der Waals surface area contributed by atoms with Crippen molar-refractivity contribution in [1.82, 2.24) is 9.80 Å². The summed E-state index contributed by atoms with van der Waals surface area (Å²) in [7, 11) is 0. The van der Waals surface area contributed by atoms with Crippen LogP contribution in [-0.2, 0) is 19.2 Å². The van der Waals surface area contributed by atoms with Crippen LogP contribution >= 0.6 is 0 Å². The first-order valence-electron chi connectivity index (χ1n) is 14.0. The van der Waals surface area contributed by atoms with Gasteiger partial charge in [-0.25, -0.2) is 0 Å². The van der Waals surface area contributed by atoms with Gasteiger partial charge in [-0.3, -0.25) is 19.2 Å². The Balaban J connectivity index is 0.989. The van der Waals surface area contributed by atoms with Gasteiger partial charge in [0.2, 0.25) is 11.6 Å². The fourth-order valence-corrected chi connectivity index (χ4v) is 10.6. The molecule has 0 unspecified atom stereocenters. The Morgan fingerprint density at radius 3 is 0.912 bits per heavy atom. The monoisotopic (exact) mass is 466 g/mol. The Labute approximate surface area is 202 Å². The largest absolute Gasteiger partial charge is 0.333 e. The van der Waals surface area contributed by atoms with Gasteiger partial charge in [0.1, 0.15) is 0 Å². The van der Waals surface area contributed by atoms with Gasteiger partial charge in [0.15, 0.2) is 0 Å². The average molecular weight is 467 g/mol. The van der Waals surface area contributed by atoms with Crippen molar-refractivity contribution < 1.29 is 19.2 Å². The highest BCUT2D eigenvalue weighted by molar-refractivity contribution is 6.39. The molecular weight excluding hydrogens is 428 g/mol. The zero-order valence-electron chi connectivity index (χ0n) is 20.3. The topological polar surface area (TPSA) is 74.8 Å². The normalized spacial score (nSPS) is 46.1. The Morgan fingerprint density at radius 2 is 0.676 bits per heavy atom. The van der Waals surface area contributed by atoms with Crippen molar-refractivity contribution in [1.29, 1.82) is 0 Å². The first-order chi connectivity index (χ1) is 16.3. The molecule has 1 heterocycles. The second kappa shape index (κ2) is 7.39. The van der Waals surface area contributed by atoms with Gasteiger partial charge in [0.25, 0.3) is 11.8 Å². The summed E-state index contributed by atoms with van der Waals surface area (Å²) in [6.07, 6.45) is 12.9. The zero-order chi connectivity index (χ0) is 23.2. The first kappa shape index (κ1) is 21.6. The SMILES string of the molecule is O=C(C(=O)C12CC3CC(CC(C3)C1)C2)N1CCN(C(=O)C(=O)C23CC4CC(CC(C4)C2)C3)CC1. The number of hydrogen-bond donors (Lipinski definition) is 0. The number of Topliss-reactive ketones (excluding diaryl/α,β-unsaturated/α-hetero) is 2. The highest BCUT2D eigenvalue weighted by Crippen LogP contribution is 2.61. The maximum absolute atomic E-state index is 13.5. The lowest BCUT2D eigenvalue weighted by Gasteiger charge is -2.56. The highest BCUT2D eigenvalue weighted by atomic mass is 16.2. The molecule has 9 fully saturated rings. The minimum absolute atomic E-state index is 0.156. The van der Waals surface area contributed by atoms with Crippen molar-refractivity contribution in [3.8, 4) is 0 Å². The van der Waals surface area contributed by atoms with E-state index in [4.69, 9.17) is 0 Å². The van der Waals surface area contributed by atoms with Crippen LogP contribution in [0.2, 0.25) is 0 Å². The predicted octanol–water partition coefficient (Wildman–Crippen LogP) is 3.23. The predicted molar refractivity (Wildman–Crippen MR) is 124 cm³/mol. The molecule has 0 aromatic rings. The van der Waals surface area contributed by atoms with E-state index in [1.54, 1.807) is 9.80 Å². The third-order valence-electron chi connectivity index (χ3n) is 11.3. The number of hydrogen-bond acceptors (Lipinski definition) is 4. The standard InChI is InChI=1S/C28H38N2O4/c31-23(27-11-17-5-18(12-27)7-19(6-17)13-27)25(33)29-1-2-30(4-3-29)26(34)24(32)28-14-20-8-21(15-28)10-22(9-20)16-28/h17-22H,1-16H2. The van der Waals surface area contributed by atoms with Gasteiger partial charge in [-0.2, -0.15) is 0 Å². The van der Waals surface area contributed by atoms with Crippen LogP contribution in [0.4, 0.5) is 0 Å². The molecule has 34 heavy (non-hydrogen) atoms. The quantitative estimate of drug-likeness (QED) is 0.596. The van der Waals surface area contributed by atoms with E-state index in [0.717, 1.165) is 38.5 Å². The van der Waals surface area contributed by atoms with Gasteiger partial charge < -0.3 is 9.80 Å². The van der Waals surface area contributed by atoms with E-state index in [1.165, 1.54) is 38.5 Å². The summed E-state index contributed by atoms with van der Waals surface area (Å²) in [5, 5.41) is 0. The molecule has 0 radical (unpaired) electrons. The number of carbonyl (C=O) groups excluding carboxylic acids is 4. The van der Waals surface area contributed by atoms with Crippen LogP contribution in [0.25, 0.3) is 0 Å². The molecule has 184 valence electrons. The van der Waals surface area contributed by atoms with Crippen LogP contribution < -0.4 is 0 Å². The summed E-state index contributed by atoms with van der Waals surface area (Å²) in [5.41, 5.74) is -0.819. The molecule has 2 amide bonds. The van der Waals surface area contributed by atoms with E-state index in [1.807, 2.05) is 0 Å². The summed E-state index contributed by atoms with van der Waals surface area (Å²) >= 11 is 0. The van der Waals surface area contributed by atoms with Crippen LogP contribution in [-0.4, -0.2) is 59.4 Å². The summed E-state index contributed by atoms with van der Waals surface area (Å²) in [4.78, 5) is 56.8. The molecule has 0 aromatic heterocycles. The molecular formula is C28H38N2O4. The molecule has 0 atom stereocenters. The molecule has 9 aliphatic rings. The number of carbonyl (C=O) groups is 4. The van der Waals surface area contributed by atoms with Crippen LogP contribution in [0.15, 0.2) is 0 Å². The van der Waals surface area contributed by atoms with Crippen molar-refractivity contribution in [2.75, 3.05) is 26.2 Å². The van der Waals surface area contributed by atoms with Crippen molar-refractivity contribution in [3.05, 3.63) is 0 Å². The number of piperazine rings is 1. The molecule has 9 rings (SSSR count). The fourth-order valence-electron chi connectivity index (χ4n) is 10.6. The van der Waals surface area contributed by atoms with Crippen molar-refractivity contribution in [2.24, 2.45) is 46.3 Å². The third kappa shape index (κ3) is 3.19. The summed E-state index contributed by atoms with van der Waals surface area (Å²) < 4.78 is 0. The van der Waals surface area contributed by atoms with Gasteiger partial charge in [0, 0.05) is 37.0 Å². The van der Waals surface area contributed by atoms with Crippen molar-refractivity contribution in [3.63, 3.8) is 0 Å². The van der Waals surface area contributed by atoms with E-state index >= 15 is 0 Å². The van der Waals surface area contributed by atoms with Gasteiger partial charge in [-0.15, -0.1) is 0 Å². The molecule has 6 nitrogen and oxygen atoms in total. The summed E-state index contributed by atoms with van der Waals surface area (Å²) in [6, 6.07) is 0. The Hall–Kier alpha value is -1.72. The van der Waals surface area contributed by atoms with Gasteiger partial charge in [-0.05, 0) is 113 Å². The van der Waals surface area contributed by atoms with Crippen LogP contribution in [0, 0.1) is 46.3 Å². The lowest BCUT2D eigenvalue weighted by Crippen LogP contribution is -2.59. The minimum atomic E-state index is -0.409. The maximum atomic E-state index is 13.5. The molecule has 8 saturated carbocycles. The van der Waals surface area contributed by atoms with Gasteiger partial charge in [-0.1, -0.05) is 0 Å². The molecule has 1 saturated heterocycles. The molecule has 1 aliphatic heterocycles. The van der Waals surface area contributed by atoms with Crippen molar-refractivity contribution >= 4 is 23.4 Å². The van der Waals surface area contributed by atoms with E-state index < -0.39 is 10.8 Å². The Kier molecular flexibility index (Phi) is 4.69. The number of amides is 2. The minimum Gasteiger partial charge on any atom is -0.333 e. The summed E-state index contributed by atoms with van der Waals surface area (Å²) in [6.45, 7) is 1.49. The number of nitrogens with zero attached hydrogens (tertiary/aromatic N) is 2. The molecule has 0 aromatic carbocycles. The number of rotatable bonds is 4. The lowest BCUT2D eigenvalue weighted by atomic mass is 9.48. The second-order valence-corrected chi connectivity index (χ2v) is 13.6. The number of ketones is 2. The first-order valence-corrected chi connectivity index (χ1v) is 14.0. The van der Waals surface area contributed by atoms with Crippen molar-refractivity contribution in [2.45, 2.75) is 77.0 Å². The Bertz CT molecular complexity index is 799. The lowest BCUT2D eigenvalue weighted by molar-refractivity contribution is -0.163. The molecule has 0 spiro atoms. The fraction of sp³-hybridized carbons (Fsp3) is 0.857. The maximum Gasteiger partial charge on any atom is 0.290 e. The highest BCUT2D eigenvalue weighted by Gasteiger charge is 2.58. The van der Waals surface area contributed by atoms with Crippen LogP contribution in [0.5, 0.6) is 0 Å². The van der Waals surface area contributed by atoms with Gasteiger partial charge in [0.05, 0.1) is 0 Å². The van der Waals surface area contributed by atoms with E-state index in [-0.39, 0.29) is 23.4 Å². The van der Waals surface area contributed by atoms with Crippen LogP contribution in [0.3, 0.4) is 0 Å². The van der Waals surface area contributed by atoms with E-state index in [9.17, 15) is 19.2 Å². The molecule has 8 bridgehead atoms. The molecule has 6 heteroatoms. The second-order valence-electron chi connectivity index (χ2n) is 13.6. The smallest absolute Gasteiger partial charge is 0.290 e. The van der Waals surface area contributed by atoms with E-state index in [2.05, 4.69) is 0 Å². The molecule has 0 N–H and O–H groups in total. The molecule has 8 aliphatic carbocycles. The van der Waals surface area contributed by atoms with E-state index in [0.29, 0.717) is 61.7 Å². The average Bonchev–Trinajstić information content (AvgIpc) is 2.80. The third-order valence-corrected chi connectivity index (χ3v) is 11.3.